The number of likely N-dealkylation sites (tertiary alicyclic amines) is 1. The van der Waals surface area contributed by atoms with E-state index in [0.29, 0.717) is 38.9 Å². The third-order valence-electron chi connectivity index (χ3n) is 6.16. The topological polar surface area (TPSA) is 95.2 Å². The molecule has 7 nitrogen and oxygen atoms in total. The first-order valence-corrected chi connectivity index (χ1v) is 11.3. The van der Waals surface area contributed by atoms with Gasteiger partial charge in [-0.2, -0.15) is 5.10 Å². The third-order valence-corrected chi connectivity index (χ3v) is 6.16. The summed E-state index contributed by atoms with van der Waals surface area (Å²) in [6.07, 6.45) is 1.93. The Kier molecular flexibility index (Phi) is 6.68. The Morgan fingerprint density at radius 3 is 2.58 bits per heavy atom. The van der Waals surface area contributed by atoms with Gasteiger partial charge in [0, 0.05) is 25.7 Å². The minimum absolute atomic E-state index is 0.0398. The van der Waals surface area contributed by atoms with Crippen molar-refractivity contribution in [3.8, 4) is 11.1 Å². The van der Waals surface area contributed by atoms with E-state index < -0.39 is 5.41 Å². The Balaban J connectivity index is 1.62. The SMILES string of the molecule is CCNC(=O)[C@@]1(Cc2cccc(-c3ccccc3)c2)CCCN(C(=O)c2ccc(=O)[nH]n2)C1. The molecular weight excluding hydrogens is 416 g/mol. The molecule has 0 saturated carbocycles. The molecule has 170 valence electrons. The van der Waals surface area contributed by atoms with Crippen molar-refractivity contribution in [3.05, 3.63) is 88.3 Å². The average molecular weight is 445 g/mol. The highest BCUT2D eigenvalue weighted by Gasteiger charge is 2.43. The maximum atomic E-state index is 13.3. The number of amides is 2. The van der Waals surface area contributed by atoms with Crippen LogP contribution in [0, 0.1) is 5.41 Å². The van der Waals surface area contributed by atoms with E-state index in [1.165, 1.54) is 12.1 Å². The van der Waals surface area contributed by atoms with Gasteiger partial charge < -0.3 is 10.2 Å². The van der Waals surface area contributed by atoms with Crippen molar-refractivity contribution < 1.29 is 9.59 Å². The van der Waals surface area contributed by atoms with E-state index in [1.807, 2.05) is 37.3 Å². The molecule has 0 aliphatic carbocycles. The summed E-state index contributed by atoms with van der Waals surface area (Å²) < 4.78 is 0. The second kappa shape index (κ2) is 9.81. The van der Waals surface area contributed by atoms with Crippen molar-refractivity contribution in [1.29, 1.82) is 0 Å². The smallest absolute Gasteiger partial charge is 0.274 e. The molecule has 1 fully saturated rings. The molecule has 2 N–H and O–H groups in total. The fourth-order valence-electron chi connectivity index (χ4n) is 4.57. The van der Waals surface area contributed by atoms with Crippen molar-refractivity contribution in [2.75, 3.05) is 19.6 Å². The van der Waals surface area contributed by atoms with E-state index in [0.717, 1.165) is 16.7 Å². The molecule has 4 rings (SSSR count). The Hall–Kier alpha value is -3.74. The van der Waals surface area contributed by atoms with E-state index >= 15 is 0 Å². The maximum Gasteiger partial charge on any atom is 0.274 e. The van der Waals surface area contributed by atoms with E-state index in [-0.39, 0.29) is 23.1 Å². The summed E-state index contributed by atoms with van der Waals surface area (Å²) in [5.74, 6) is -0.320. The van der Waals surface area contributed by atoms with Crippen LogP contribution in [0.2, 0.25) is 0 Å². The molecule has 2 heterocycles. The van der Waals surface area contributed by atoms with Gasteiger partial charge in [-0.1, -0.05) is 54.6 Å². The number of nitrogens with zero attached hydrogens (tertiary/aromatic N) is 2. The van der Waals surface area contributed by atoms with Crippen molar-refractivity contribution in [1.82, 2.24) is 20.4 Å². The number of benzene rings is 2. The first-order chi connectivity index (χ1) is 16.0. The van der Waals surface area contributed by atoms with Crippen LogP contribution in [0.1, 0.15) is 35.8 Å². The van der Waals surface area contributed by atoms with Gasteiger partial charge in [0.25, 0.3) is 11.5 Å². The van der Waals surface area contributed by atoms with Crippen LogP contribution in [0.25, 0.3) is 11.1 Å². The number of aromatic nitrogens is 2. The van der Waals surface area contributed by atoms with Crippen LogP contribution in [0.5, 0.6) is 0 Å². The lowest BCUT2D eigenvalue weighted by Crippen LogP contribution is -2.54. The Labute approximate surface area is 192 Å². The number of rotatable bonds is 6. The van der Waals surface area contributed by atoms with Crippen molar-refractivity contribution in [3.63, 3.8) is 0 Å². The number of nitrogens with one attached hydrogen (secondary N) is 2. The molecule has 1 atom stereocenters. The number of piperidine rings is 1. The Morgan fingerprint density at radius 2 is 1.85 bits per heavy atom. The molecule has 7 heteroatoms. The molecule has 0 radical (unpaired) electrons. The highest BCUT2D eigenvalue weighted by molar-refractivity contribution is 5.93. The van der Waals surface area contributed by atoms with Crippen molar-refractivity contribution in [2.24, 2.45) is 5.41 Å². The van der Waals surface area contributed by atoms with Crippen LogP contribution in [0.4, 0.5) is 0 Å². The zero-order valence-corrected chi connectivity index (χ0v) is 18.7. The summed E-state index contributed by atoms with van der Waals surface area (Å²) >= 11 is 0. The van der Waals surface area contributed by atoms with Gasteiger partial charge in [-0.05, 0) is 48.9 Å². The summed E-state index contributed by atoms with van der Waals surface area (Å²) in [5.41, 5.74) is 2.35. The molecule has 1 aliphatic heterocycles. The lowest BCUT2D eigenvalue weighted by molar-refractivity contribution is -0.133. The molecule has 0 unspecified atom stereocenters. The molecule has 33 heavy (non-hydrogen) atoms. The van der Waals surface area contributed by atoms with Crippen LogP contribution in [0.3, 0.4) is 0 Å². The van der Waals surface area contributed by atoms with Crippen LogP contribution in [0.15, 0.2) is 71.5 Å². The summed E-state index contributed by atoms with van der Waals surface area (Å²) in [5, 5.41) is 9.18. The quantitative estimate of drug-likeness (QED) is 0.611. The zero-order chi connectivity index (χ0) is 23.3. The molecule has 1 aromatic heterocycles. The van der Waals surface area contributed by atoms with Gasteiger partial charge in [0.05, 0.1) is 5.41 Å². The highest BCUT2D eigenvalue weighted by Crippen LogP contribution is 2.35. The second-order valence-corrected chi connectivity index (χ2v) is 8.52. The van der Waals surface area contributed by atoms with Gasteiger partial charge in [0.1, 0.15) is 5.69 Å². The molecule has 2 amide bonds. The minimum atomic E-state index is -0.735. The van der Waals surface area contributed by atoms with Crippen LogP contribution >= 0.6 is 0 Å². The van der Waals surface area contributed by atoms with E-state index in [4.69, 9.17) is 0 Å². The van der Waals surface area contributed by atoms with Crippen molar-refractivity contribution in [2.45, 2.75) is 26.2 Å². The molecule has 0 spiro atoms. The standard InChI is InChI=1S/C26H28N4O3/c1-2-27-25(33)26(17-19-8-6-11-21(16-19)20-9-4-3-5-10-20)14-7-15-30(18-26)24(32)22-12-13-23(31)29-28-22/h3-6,8-13,16H,2,7,14-15,17-18H2,1H3,(H,27,33)(H,29,31)/t26-/m1/s1. The van der Waals surface area contributed by atoms with Gasteiger partial charge >= 0.3 is 0 Å². The molecule has 1 saturated heterocycles. The minimum Gasteiger partial charge on any atom is -0.356 e. The lowest BCUT2D eigenvalue weighted by Gasteiger charge is -2.41. The van der Waals surface area contributed by atoms with E-state index in [2.05, 4.69) is 39.8 Å². The molecule has 0 bridgehead atoms. The highest BCUT2D eigenvalue weighted by atomic mass is 16.2. The monoisotopic (exact) mass is 444 g/mol. The fraction of sp³-hybridized carbons (Fsp3) is 0.308. The van der Waals surface area contributed by atoms with Gasteiger partial charge in [0.15, 0.2) is 0 Å². The number of hydrogen-bond acceptors (Lipinski definition) is 4. The summed E-state index contributed by atoms with van der Waals surface area (Å²) in [4.78, 5) is 39.4. The number of aromatic amines is 1. The summed E-state index contributed by atoms with van der Waals surface area (Å²) in [6, 6.07) is 21.1. The molecule has 2 aromatic carbocycles. The summed E-state index contributed by atoms with van der Waals surface area (Å²) in [6.45, 7) is 3.27. The predicted octanol–water partition coefficient (Wildman–Crippen LogP) is 3.04. The van der Waals surface area contributed by atoms with Gasteiger partial charge in [-0.15, -0.1) is 0 Å². The molecule has 3 aromatic rings. The normalized spacial score (nSPS) is 18.0. The number of carbonyl (C=O) groups is 2. The Bertz CT molecular complexity index is 1170. The number of H-pyrrole nitrogens is 1. The number of carbonyl (C=O) groups excluding carboxylic acids is 2. The van der Waals surface area contributed by atoms with E-state index in [1.54, 1.807) is 4.90 Å². The van der Waals surface area contributed by atoms with E-state index in [9.17, 15) is 14.4 Å². The fourth-order valence-corrected chi connectivity index (χ4v) is 4.57. The van der Waals surface area contributed by atoms with Crippen LogP contribution < -0.4 is 10.9 Å². The largest absolute Gasteiger partial charge is 0.356 e. The van der Waals surface area contributed by atoms with Gasteiger partial charge in [-0.3, -0.25) is 14.4 Å². The van der Waals surface area contributed by atoms with Crippen molar-refractivity contribution >= 4 is 11.8 Å². The average Bonchev–Trinajstić information content (AvgIpc) is 2.85. The van der Waals surface area contributed by atoms with Gasteiger partial charge in [0.2, 0.25) is 5.91 Å². The molecule has 1 aliphatic rings. The Morgan fingerprint density at radius 1 is 1.06 bits per heavy atom. The predicted molar refractivity (Wildman–Crippen MR) is 127 cm³/mol. The lowest BCUT2D eigenvalue weighted by atomic mass is 9.74. The molecular formula is C26H28N4O3. The zero-order valence-electron chi connectivity index (χ0n) is 18.7. The third kappa shape index (κ3) is 5.03. The first kappa shape index (κ1) is 22.5. The van der Waals surface area contributed by atoms with Crippen LogP contribution in [-0.4, -0.2) is 46.5 Å². The van der Waals surface area contributed by atoms with Crippen LogP contribution in [-0.2, 0) is 11.2 Å². The maximum absolute atomic E-state index is 13.3. The summed E-state index contributed by atoms with van der Waals surface area (Å²) in [7, 11) is 0. The number of hydrogen-bond donors (Lipinski definition) is 2. The van der Waals surface area contributed by atoms with Gasteiger partial charge in [-0.25, -0.2) is 5.10 Å². The first-order valence-electron chi connectivity index (χ1n) is 11.3. The second-order valence-electron chi connectivity index (χ2n) is 8.52.